The van der Waals surface area contributed by atoms with Gasteiger partial charge in [0.05, 0.1) is 22.1 Å². The molecule has 2 N–H and O–H groups in total. The fourth-order valence-corrected chi connectivity index (χ4v) is 5.09. The topological polar surface area (TPSA) is 58.2 Å². The van der Waals surface area contributed by atoms with E-state index in [-0.39, 0.29) is 26.9 Å². The number of para-hydroxylation sites is 1. The van der Waals surface area contributed by atoms with Gasteiger partial charge in [-0.15, -0.1) is 23.2 Å². The van der Waals surface area contributed by atoms with Gasteiger partial charge < -0.3 is 10.6 Å². The van der Waals surface area contributed by atoms with Gasteiger partial charge in [0.2, 0.25) is 5.91 Å². The Morgan fingerprint density at radius 1 is 0.892 bits per heavy atom. The summed E-state index contributed by atoms with van der Waals surface area (Å²) < 4.78 is 65.7. The first-order chi connectivity index (χ1) is 17.2. The van der Waals surface area contributed by atoms with Crippen molar-refractivity contribution in [2.75, 3.05) is 10.6 Å². The van der Waals surface area contributed by atoms with Crippen LogP contribution in [-0.4, -0.2) is 16.1 Å². The highest BCUT2D eigenvalue weighted by atomic mass is 35.5. The van der Waals surface area contributed by atoms with E-state index in [4.69, 9.17) is 46.4 Å². The first-order valence-corrected chi connectivity index (χ1v) is 11.8. The number of anilines is 2. The molecule has 2 atom stereocenters. The highest BCUT2D eigenvalue weighted by molar-refractivity contribution is 6.53. The fourth-order valence-electron chi connectivity index (χ4n) is 3.82. The summed E-state index contributed by atoms with van der Waals surface area (Å²) in [4.78, 5) is 25.5. The van der Waals surface area contributed by atoms with E-state index in [0.717, 1.165) is 36.4 Å². The molecule has 1 aliphatic carbocycles. The van der Waals surface area contributed by atoms with Gasteiger partial charge in [0.25, 0.3) is 5.91 Å². The molecule has 1 fully saturated rings. The van der Waals surface area contributed by atoms with Gasteiger partial charge in [-0.2, -0.15) is 13.2 Å². The van der Waals surface area contributed by atoms with Crippen molar-refractivity contribution < 1.29 is 31.5 Å². The van der Waals surface area contributed by atoms with Crippen LogP contribution in [0.15, 0.2) is 54.6 Å². The van der Waals surface area contributed by atoms with Crippen LogP contribution in [0.1, 0.15) is 27.4 Å². The number of alkyl halides is 5. The van der Waals surface area contributed by atoms with Crippen LogP contribution in [0, 0.1) is 17.6 Å². The van der Waals surface area contributed by atoms with Crippen molar-refractivity contribution in [1.82, 2.24) is 0 Å². The molecule has 1 saturated carbocycles. The zero-order valence-corrected chi connectivity index (χ0v) is 21.1. The predicted molar refractivity (Wildman–Crippen MR) is 132 cm³/mol. The zero-order chi connectivity index (χ0) is 27.3. The molecule has 4 rings (SSSR count). The lowest BCUT2D eigenvalue weighted by atomic mass is 10.0. The fraction of sp³-hybridized carbons (Fsp3) is 0.167. The first kappa shape index (κ1) is 27.4. The highest BCUT2D eigenvalue weighted by Crippen LogP contribution is 2.65. The average Bonchev–Trinajstić information content (AvgIpc) is 3.38. The number of amides is 2. The van der Waals surface area contributed by atoms with Crippen LogP contribution in [0.5, 0.6) is 0 Å². The van der Waals surface area contributed by atoms with E-state index in [2.05, 4.69) is 10.6 Å². The maximum atomic E-state index is 13.9. The lowest BCUT2D eigenvalue weighted by molar-refractivity contribution is -0.137. The Hall–Kier alpha value is -2.59. The van der Waals surface area contributed by atoms with E-state index in [1.165, 1.54) is 18.2 Å². The van der Waals surface area contributed by atoms with Crippen LogP contribution in [0.25, 0.3) is 0 Å². The predicted octanol–water partition coefficient (Wildman–Crippen LogP) is 8.07. The minimum Gasteiger partial charge on any atom is -0.326 e. The molecular formula is C24H13Cl4F5N2O2. The molecule has 0 spiro atoms. The molecule has 1 aliphatic rings. The Morgan fingerprint density at radius 2 is 1.54 bits per heavy atom. The van der Waals surface area contributed by atoms with Crippen LogP contribution >= 0.6 is 46.4 Å². The molecule has 3 aromatic rings. The third-order valence-corrected chi connectivity index (χ3v) is 7.11. The summed E-state index contributed by atoms with van der Waals surface area (Å²) in [5.41, 5.74) is -1.86. The molecule has 194 valence electrons. The molecule has 3 aromatic carbocycles. The number of halogens is 9. The maximum absolute atomic E-state index is 13.9. The Labute approximate surface area is 226 Å². The van der Waals surface area contributed by atoms with Crippen molar-refractivity contribution in [2.45, 2.75) is 16.4 Å². The van der Waals surface area contributed by atoms with E-state index >= 15 is 0 Å². The first-order valence-electron chi connectivity index (χ1n) is 10.3. The van der Waals surface area contributed by atoms with Gasteiger partial charge in [0.15, 0.2) is 0 Å². The lowest BCUT2D eigenvalue weighted by Gasteiger charge is -2.11. The number of carbonyl (C=O) groups excluding carboxylic acids is 2. The van der Waals surface area contributed by atoms with Gasteiger partial charge in [-0.1, -0.05) is 29.3 Å². The van der Waals surface area contributed by atoms with Gasteiger partial charge in [-0.3, -0.25) is 9.59 Å². The summed E-state index contributed by atoms with van der Waals surface area (Å²) in [6.07, 6.45) is -4.68. The van der Waals surface area contributed by atoms with Crippen LogP contribution in [0.4, 0.5) is 33.3 Å². The van der Waals surface area contributed by atoms with Crippen molar-refractivity contribution in [3.05, 3.63) is 93.0 Å². The summed E-state index contributed by atoms with van der Waals surface area (Å²) in [6.45, 7) is 0. The normalized spacial score (nSPS) is 18.3. The monoisotopic (exact) mass is 596 g/mol. The second kappa shape index (κ2) is 9.94. The molecule has 0 bridgehead atoms. The Morgan fingerprint density at radius 3 is 2.16 bits per heavy atom. The SMILES string of the molecule is O=C(Nc1c(F)cccc1F)c1cc(NC(=O)[C@H]2[C@H](c3cc(Cl)cc(C(F)(F)F)c3)C2(Cl)Cl)ccc1Cl. The van der Waals surface area contributed by atoms with Crippen molar-refractivity contribution in [2.24, 2.45) is 5.92 Å². The smallest absolute Gasteiger partial charge is 0.326 e. The minimum atomic E-state index is -4.68. The largest absolute Gasteiger partial charge is 0.416 e. The van der Waals surface area contributed by atoms with Gasteiger partial charge in [0, 0.05) is 16.6 Å². The third kappa shape index (κ3) is 5.65. The molecule has 13 heteroatoms. The molecule has 2 amide bonds. The van der Waals surface area contributed by atoms with E-state index < -0.39 is 57.0 Å². The molecule has 0 aliphatic heterocycles. The van der Waals surface area contributed by atoms with Crippen LogP contribution in [-0.2, 0) is 11.0 Å². The number of carbonyl (C=O) groups is 2. The molecule has 4 nitrogen and oxygen atoms in total. The summed E-state index contributed by atoms with van der Waals surface area (Å²) in [5, 5.41) is 4.27. The van der Waals surface area contributed by atoms with E-state index in [1.54, 1.807) is 0 Å². The van der Waals surface area contributed by atoms with Gasteiger partial charge >= 0.3 is 6.18 Å². The van der Waals surface area contributed by atoms with E-state index in [1.807, 2.05) is 0 Å². The molecule has 0 radical (unpaired) electrons. The van der Waals surface area contributed by atoms with Gasteiger partial charge in [-0.25, -0.2) is 8.78 Å². The molecular weight excluding hydrogens is 585 g/mol. The Bertz CT molecular complexity index is 1390. The Balaban J connectivity index is 1.54. The van der Waals surface area contributed by atoms with Crippen molar-refractivity contribution >= 4 is 69.6 Å². The van der Waals surface area contributed by atoms with E-state index in [9.17, 15) is 31.5 Å². The minimum absolute atomic E-state index is 0.0214. The second-order valence-electron chi connectivity index (χ2n) is 8.14. The number of rotatable bonds is 5. The van der Waals surface area contributed by atoms with Crippen LogP contribution < -0.4 is 10.6 Å². The Kier molecular flexibility index (Phi) is 7.38. The quantitative estimate of drug-likeness (QED) is 0.231. The molecule has 0 unspecified atom stereocenters. The average molecular weight is 598 g/mol. The molecule has 0 aromatic heterocycles. The number of hydrogen-bond donors (Lipinski definition) is 2. The summed E-state index contributed by atoms with van der Waals surface area (Å²) >= 11 is 24.4. The van der Waals surface area contributed by atoms with E-state index in [0.29, 0.717) is 0 Å². The molecule has 37 heavy (non-hydrogen) atoms. The number of benzene rings is 3. The van der Waals surface area contributed by atoms with Crippen LogP contribution in [0.3, 0.4) is 0 Å². The summed E-state index contributed by atoms with van der Waals surface area (Å²) in [5.74, 6) is -5.90. The van der Waals surface area contributed by atoms with Crippen molar-refractivity contribution in [1.29, 1.82) is 0 Å². The van der Waals surface area contributed by atoms with Crippen molar-refractivity contribution in [3.63, 3.8) is 0 Å². The van der Waals surface area contributed by atoms with Gasteiger partial charge in [-0.05, 0) is 54.1 Å². The highest BCUT2D eigenvalue weighted by Gasteiger charge is 2.67. The van der Waals surface area contributed by atoms with Crippen molar-refractivity contribution in [3.8, 4) is 0 Å². The second-order valence-corrected chi connectivity index (χ2v) is 10.4. The standard InChI is InChI=1S/C24H13Cl4F5N2O2/c25-12-7-10(6-11(8-12)24(31,32)33)18-19(23(18,27)28)22(37)34-13-4-5-15(26)14(9-13)21(36)35-20-16(29)2-1-3-17(20)30/h1-9,18-19H,(H,34,37)(H,35,36)/t18-,19+/m0/s1. The lowest BCUT2D eigenvalue weighted by Crippen LogP contribution is -2.19. The third-order valence-electron chi connectivity index (χ3n) is 5.62. The molecule has 0 heterocycles. The zero-order valence-electron chi connectivity index (χ0n) is 18.1. The number of nitrogens with one attached hydrogen (secondary N) is 2. The summed E-state index contributed by atoms with van der Waals surface area (Å²) in [6, 6.07) is 9.55. The van der Waals surface area contributed by atoms with Gasteiger partial charge in [0.1, 0.15) is 21.7 Å². The number of hydrogen-bond acceptors (Lipinski definition) is 2. The maximum Gasteiger partial charge on any atom is 0.416 e. The summed E-state index contributed by atoms with van der Waals surface area (Å²) in [7, 11) is 0. The molecule has 0 saturated heterocycles. The van der Waals surface area contributed by atoms with Crippen LogP contribution in [0.2, 0.25) is 10.0 Å².